The average Bonchev–Trinajstić information content (AvgIpc) is 2.46. The van der Waals surface area contributed by atoms with Gasteiger partial charge in [-0.25, -0.2) is 4.68 Å². The van der Waals surface area contributed by atoms with Crippen LogP contribution in [0.5, 0.6) is 0 Å². The van der Waals surface area contributed by atoms with E-state index < -0.39 is 5.54 Å². The van der Waals surface area contributed by atoms with Crippen LogP contribution in [0.25, 0.3) is 11.3 Å². The zero-order chi connectivity index (χ0) is 16.3. The van der Waals surface area contributed by atoms with Crippen LogP contribution in [0, 0.1) is 6.92 Å². The molecule has 0 fully saturated rings. The van der Waals surface area contributed by atoms with Gasteiger partial charge in [-0.3, -0.25) is 4.79 Å². The first-order valence-corrected chi connectivity index (χ1v) is 7.81. The Morgan fingerprint density at radius 2 is 1.86 bits per heavy atom. The molecule has 0 atom stereocenters. The van der Waals surface area contributed by atoms with Crippen molar-refractivity contribution >= 4 is 0 Å². The van der Waals surface area contributed by atoms with Gasteiger partial charge in [0.2, 0.25) is 0 Å². The molecule has 22 heavy (non-hydrogen) atoms. The van der Waals surface area contributed by atoms with Gasteiger partial charge >= 0.3 is 0 Å². The lowest BCUT2D eigenvalue weighted by molar-refractivity contribution is 0.498. The number of hydrogen-bond donors (Lipinski definition) is 1. The summed E-state index contributed by atoms with van der Waals surface area (Å²) in [6.45, 7) is 8.48. The van der Waals surface area contributed by atoms with Crippen molar-refractivity contribution in [2.75, 3.05) is 0 Å². The normalized spacial score (nSPS) is 11.7. The van der Waals surface area contributed by atoms with Gasteiger partial charge in [0.15, 0.2) is 0 Å². The Morgan fingerprint density at radius 3 is 2.41 bits per heavy atom. The highest BCUT2D eigenvalue weighted by Gasteiger charge is 2.21. The van der Waals surface area contributed by atoms with Crippen LogP contribution >= 0.6 is 0 Å². The third kappa shape index (κ3) is 3.63. The highest BCUT2D eigenvalue weighted by Crippen LogP contribution is 2.21. The van der Waals surface area contributed by atoms with E-state index in [-0.39, 0.29) is 5.56 Å². The second-order valence-electron chi connectivity index (χ2n) is 6.41. The van der Waals surface area contributed by atoms with Crippen molar-refractivity contribution in [3.8, 4) is 11.3 Å². The molecule has 2 rings (SSSR count). The Morgan fingerprint density at radius 1 is 1.23 bits per heavy atom. The Bertz CT molecular complexity index is 694. The molecule has 2 N–H and O–H groups in total. The molecular weight excluding hydrogens is 274 g/mol. The molecule has 0 saturated heterocycles. The molecule has 1 heterocycles. The van der Waals surface area contributed by atoms with Gasteiger partial charge in [-0.1, -0.05) is 43.2 Å². The lowest BCUT2D eigenvalue weighted by Crippen LogP contribution is -2.39. The first-order chi connectivity index (χ1) is 10.3. The van der Waals surface area contributed by atoms with Crippen molar-refractivity contribution in [1.82, 2.24) is 9.78 Å². The van der Waals surface area contributed by atoms with Crippen LogP contribution < -0.4 is 11.3 Å². The van der Waals surface area contributed by atoms with E-state index >= 15 is 0 Å². The van der Waals surface area contributed by atoms with Crippen molar-refractivity contribution < 1.29 is 0 Å². The Kier molecular flexibility index (Phi) is 4.81. The summed E-state index contributed by atoms with van der Waals surface area (Å²) < 4.78 is 1.56. The topological polar surface area (TPSA) is 60.9 Å². The molecule has 1 aromatic carbocycles. The van der Waals surface area contributed by atoms with Gasteiger partial charge in [-0.2, -0.15) is 5.10 Å². The number of rotatable bonds is 5. The molecule has 4 heteroatoms. The summed E-state index contributed by atoms with van der Waals surface area (Å²) in [4.78, 5) is 12.6. The molecular formula is C18H25N3O. The van der Waals surface area contributed by atoms with Crippen LogP contribution in [0.4, 0.5) is 0 Å². The monoisotopic (exact) mass is 299 g/mol. The summed E-state index contributed by atoms with van der Waals surface area (Å²) in [5, 5.41) is 4.53. The zero-order valence-corrected chi connectivity index (χ0v) is 13.9. The lowest BCUT2D eigenvalue weighted by atomic mass is 9.95. The van der Waals surface area contributed by atoms with Gasteiger partial charge in [0, 0.05) is 23.2 Å². The summed E-state index contributed by atoms with van der Waals surface area (Å²) in [7, 11) is 0. The maximum Gasteiger partial charge on any atom is 0.271 e. The predicted molar refractivity (Wildman–Crippen MR) is 90.8 cm³/mol. The number of aromatic nitrogens is 2. The van der Waals surface area contributed by atoms with Crippen molar-refractivity contribution in [2.45, 2.75) is 52.6 Å². The molecule has 0 radical (unpaired) electrons. The van der Waals surface area contributed by atoms with Crippen LogP contribution in [0.15, 0.2) is 35.1 Å². The molecule has 0 bridgehead atoms. The molecule has 1 aromatic heterocycles. The number of nitrogens with two attached hydrogens (primary N) is 1. The van der Waals surface area contributed by atoms with E-state index in [1.54, 1.807) is 4.68 Å². The molecule has 0 amide bonds. The molecule has 0 aliphatic carbocycles. The van der Waals surface area contributed by atoms with Gasteiger partial charge in [0.25, 0.3) is 5.56 Å². The molecule has 2 aromatic rings. The zero-order valence-electron chi connectivity index (χ0n) is 13.9. The molecule has 0 spiro atoms. The Balaban J connectivity index is 2.59. The first kappa shape index (κ1) is 16.4. The third-order valence-electron chi connectivity index (χ3n) is 3.74. The lowest BCUT2D eigenvalue weighted by Gasteiger charge is -2.20. The minimum atomic E-state index is -0.687. The SMILES string of the molecule is CCCCn1nc(-c2ccc(C)cc2)cc(C(C)(C)N)c1=O. The standard InChI is InChI=1S/C18H25N3O/c1-5-6-11-21-17(22)15(18(3,4)19)12-16(20-21)14-9-7-13(2)8-10-14/h7-10,12H,5-6,11,19H2,1-4H3. The first-order valence-electron chi connectivity index (χ1n) is 7.81. The summed E-state index contributed by atoms with van der Waals surface area (Å²) >= 11 is 0. The number of benzene rings is 1. The quantitative estimate of drug-likeness (QED) is 0.922. The third-order valence-corrected chi connectivity index (χ3v) is 3.74. The van der Waals surface area contributed by atoms with Crippen LogP contribution in [0.3, 0.4) is 0 Å². The van der Waals surface area contributed by atoms with Gasteiger partial charge in [-0.05, 0) is 33.3 Å². The number of unbranched alkanes of at least 4 members (excludes halogenated alkanes) is 1. The second-order valence-corrected chi connectivity index (χ2v) is 6.41. The van der Waals surface area contributed by atoms with Crippen molar-refractivity contribution in [1.29, 1.82) is 0 Å². The highest BCUT2D eigenvalue weighted by atomic mass is 16.1. The van der Waals surface area contributed by atoms with Gasteiger partial charge in [-0.15, -0.1) is 0 Å². The summed E-state index contributed by atoms with van der Waals surface area (Å²) in [6.07, 6.45) is 1.94. The second kappa shape index (κ2) is 6.44. The van der Waals surface area contributed by atoms with Crippen LogP contribution in [0.1, 0.15) is 44.7 Å². The van der Waals surface area contributed by atoms with Crippen molar-refractivity contribution in [3.63, 3.8) is 0 Å². The van der Waals surface area contributed by atoms with E-state index in [1.807, 2.05) is 51.1 Å². The number of nitrogens with zero attached hydrogens (tertiary/aromatic N) is 2. The van der Waals surface area contributed by atoms with E-state index in [9.17, 15) is 4.79 Å². The molecule has 4 nitrogen and oxygen atoms in total. The van der Waals surface area contributed by atoms with Crippen LogP contribution in [-0.4, -0.2) is 9.78 Å². The maximum absolute atomic E-state index is 12.6. The van der Waals surface area contributed by atoms with Crippen LogP contribution in [-0.2, 0) is 12.1 Å². The van der Waals surface area contributed by atoms with Crippen molar-refractivity contribution in [3.05, 3.63) is 51.8 Å². The predicted octanol–water partition coefficient (Wildman–Crippen LogP) is 3.21. The van der Waals surface area contributed by atoms with E-state index in [0.29, 0.717) is 12.1 Å². The van der Waals surface area contributed by atoms with Crippen LogP contribution in [0.2, 0.25) is 0 Å². The Hall–Kier alpha value is -1.94. The van der Waals surface area contributed by atoms with Crippen molar-refractivity contribution in [2.24, 2.45) is 5.73 Å². The fourth-order valence-electron chi connectivity index (χ4n) is 2.33. The van der Waals surface area contributed by atoms with Gasteiger partial charge in [0.05, 0.1) is 5.69 Å². The number of aryl methyl sites for hydroxylation is 2. The average molecular weight is 299 g/mol. The molecule has 0 aliphatic heterocycles. The fraction of sp³-hybridized carbons (Fsp3) is 0.444. The molecule has 118 valence electrons. The maximum atomic E-state index is 12.6. The minimum absolute atomic E-state index is 0.0863. The smallest absolute Gasteiger partial charge is 0.271 e. The Labute approximate surface area is 132 Å². The van der Waals surface area contributed by atoms with Gasteiger partial charge in [0.1, 0.15) is 0 Å². The summed E-state index contributed by atoms with van der Waals surface area (Å²) in [5.74, 6) is 0. The molecule has 0 unspecified atom stereocenters. The molecule has 0 aliphatic rings. The minimum Gasteiger partial charge on any atom is -0.322 e. The summed E-state index contributed by atoms with van der Waals surface area (Å²) in [5.41, 5.74) is 9.01. The van der Waals surface area contributed by atoms with E-state index in [0.717, 1.165) is 24.1 Å². The number of hydrogen-bond acceptors (Lipinski definition) is 3. The largest absolute Gasteiger partial charge is 0.322 e. The van der Waals surface area contributed by atoms with E-state index in [4.69, 9.17) is 5.73 Å². The van der Waals surface area contributed by atoms with Gasteiger partial charge < -0.3 is 5.73 Å². The van der Waals surface area contributed by atoms with E-state index in [1.165, 1.54) is 5.56 Å². The fourth-order valence-corrected chi connectivity index (χ4v) is 2.33. The summed E-state index contributed by atoms with van der Waals surface area (Å²) in [6, 6.07) is 9.98. The molecule has 0 saturated carbocycles. The highest BCUT2D eigenvalue weighted by molar-refractivity contribution is 5.59. The van der Waals surface area contributed by atoms with E-state index in [2.05, 4.69) is 12.0 Å².